The van der Waals surface area contributed by atoms with Crippen LogP contribution in [0.5, 0.6) is 5.75 Å². The van der Waals surface area contributed by atoms with E-state index in [9.17, 15) is 23.1 Å². The topological polar surface area (TPSA) is 55.8 Å². The lowest BCUT2D eigenvalue weighted by molar-refractivity contribution is -0.274. The van der Waals surface area contributed by atoms with Gasteiger partial charge in [0.2, 0.25) is 0 Å². The van der Waals surface area contributed by atoms with Crippen molar-refractivity contribution in [3.63, 3.8) is 0 Å². The molecular formula is C12H13F3O4. The fourth-order valence-corrected chi connectivity index (χ4v) is 1.38. The quantitative estimate of drug-likeness (QED) is 0.863. The van der Waals surface area contributed by atoms with E-state index in [0.29, 0.717) is 0 Å². The van der Waals surface area contributed by atoms with Gasteiger partial charge in [0, 0.05) is 0 Å². The fourth-order valence-electron chi connectivity index (χ4n) is 1.38. The molecule has 0 saturated heterocycles. The molecule has 0 bridgehead atoms. The van der Waals surface area contributed by atoms with Crippen LogP contribution in [0.2, 0.25) is 0 Å². The minimum absolute atomic E-state index is 0.106. The van der Waals surface area contributed by atoms with E-state index in [0.717, 1.165) is 19.2 Å². The summed E-state index contributed by atoms with van der Waals surface area (Å²) in [7, 11) is 1.10. The van der Waals surface area contributed by atoms with Crippen LogP contribution < -0.4 is 4.74 Å². The molecule has 0 amide bonds. The summed E-state index contributed by atoms with van der Waals surface area (Å²) < 4.78 is 44.7. The lowest BCUT2D eigenvalue weighted by atomic mass is 9.96. The van der Waals surface area contributed by atoms with Gasteiger partial charge in [-0.05, 0) is 37.6 Å². The normalized spacial score (nSPS) is 12.2. The van der Waals surface area contributed by atoms with Crippen LogP contribution in [0, 0.1) is 0 Å². The molecule has 0 spiro atoms. The number of hydrogen-bond acceptors (Lipinski definition) is 4. The van der Waals surface area contributed by atoms with Crippen LogP contribution in [0.1, 0.15) is 29.8 Å². The molecule has 0 heterocycles. The summed E-state index contributed by atoms with van der Waals surface area (Å²) in [5, 5.41) is 9.80. The molecule has 0 aromatic heterocycles. The third-order valence-corrected chi connectivity index (χ3v) is 2.27. The zero-order valence-corrected chi connectivity index (χ0v) is 10.5. The van der Waals surface area contributed by atoms with Crippen LogP contribution in [-0.4, -0.2) is 24.5 Å². The molecule has 106 valence electrons. The smallest absolute Gasteiger partial charge is 0.465 e. The van der Waals surface area contributed by atoms with E-state index in [1.165, 1.54) is 19.9 Å². The number of ether oxygens (including phenoxy) is 2. The van der Waals surface area contributed by atoms with Crippen molar-refractivity contribution in [1.82, 2.24) is 0 Å². The molecule has 0 aliphatic heterocycles. The van der Waals surface area contributed by atoms with Gasteiger partial charge in [-0.1, -0.05) is 0 Å². The molecule has 0 fully saturated rings. The van der Waals surface area contributed by atoms with Crippen molar-refractivity contribution >= 4 is 5.97 Å². The first-order valence-electron chi connectivity index (χ1n) is 5.25. The van der Waals surface area contributed by atoms with Crippen molar-refractivity contribution in [3.05, 3.63) is 29.3 Å². The zero-order valence-electron chi connectivity index (χ0n) is 10.5. The van der Waals surface area contributed by atoms with Crippen LogP contribution in [0.25, 0.3) is 0 Å². The number of methoxy groups -OCH3 is 1. The predicted octanol–water partition coefficient (Wildman–Crippen LogP) is 2.60. The summed E-state index contributed by atoms with van der Waals surface area (Å²) in [6, 6.07) is 3.16. The first-order valence-corrected chi connectivity index (χ1v) is 5.25. The molecule has 0 aliphatic rings. The summed E-state index contributed by atoms with van der Waals surface area (Å²) in [6.07, 6.45) is -4.88. The van der Waals surface area contributed by atoms with Gasteiger partial charge in [-0.2, -0.15) is 0 Å². The molecule has 1 N–H and O–H groups in total. The summed E-state index contributed by atoms with van der Waals surface area (Å²) >= 11 is 0. The van der Waals surface area contributed by atoms with Gasteiger partial charge in [-0.25, -0.2) is 4.79 Å². The lowest BCUT2D eigenvalue weighted by Crippen LogP contribution is -2.20. The Bertz CT molecular complexity index is 475. The van der Waals surface area contributed by atoms with E-state index in [-0.39, 0.29) is 11.1 Å². The van der Waals surface area contributed by atoms with Crippen molar-refractivity contribution in [1.29, 1.82) is 0 Å². The van der Waals surface area contributed by atoms with E-state index < -0.39 is 23.7 Å². The maximum Gasteiger partial charge on any atom is 0.573 e. The number of esters is 1. The van der Waals surface area contributed by atoms with Gasteiger partial charge in [0.25, 0.3) is 0 Å². The highest BCUT2D eigenvalue weighted by atomic mass is 19.4. The second-order valence-corrected chi connectivity index (χ2v) is 4.34. The highest BCUT2D eigenvalue weighted by molar-refractivity contribution is 5.90. The monoisotopic (exact) mass is 278 g/mol. The number of hydrogen-bond donors (Lipinski definition) is 1. The van der Waals surface area contributed by atoms with Crippen molar-refractivity contribution in [2.24, 2.45) is 0 Å². The van der Waals surface area contributed by atoms with Gasteiger partial charge in [0.05, 0.1) is 18.3 Å². The summed E-state index contributed by atoms with van der Waals surface area (Å²) in [5.41, 5.74) is -1.45. The lowest BCUT2D eigenvalue weighted by Gasteiger charge is -2.20. The molecule has 7 heteroatoms. The first-order chi connectivity index (χ1) is 8.53. The Kier molecular flexibility index (Phi) is 4.09. The van der Waals surface area contributed by atoms with Gasteiger partial charge >= 0.3 is 12.3 Å². The van der Waals surface area contributed by atoms with Crippen molar-refractivity contribution in [2.75, 3.05) is 7.11 Å². The van der Waals surface area contributed by atoms with Crippen LogP contribution in [0.3, 0.4) is 0 Å². The van der Waals surface area contributed by atoms with Gasteiger partial charge in [0.15, 0.2) is 0 Å². The molecule has 0 saturated carbocycles. The highest BCUT2D eigenvalue weighted by Gasteiger charge is 2.32. The average molecular weight is 278 g/mol. The molecule has 1 rings (SSSR count). The number of halogens is 3. The maximum atomic E-state index is 12.2. The molecule has 1 aromatic carbocycles. The Morgan fingerprint density at radius 1 is 1.21 bits per heavy atom. The minimum Gasteiger partial charge on any atom is -0.465 e. The van der Waals surface area contributed by atoms with Crippen molar-refractivity contribution in [3.8, 4) is 5.75 Å². The third kappa shape index (κ3) is 4.44. The Morgan fingerprint density at radius 3 is 2.21 bits per heavy atom. The Hall–Kier alpha value is -1.76. The Morgan fingerprint density at radius 2 is 1.79 bits per heavy atom. The molecule has 4 nitrogen and oxygen atoms in total. The molecule has 0 aliphatic carbocycles. The average Bonchev–Trinajstić information content (AvgIpc) is 2.24. The summed E-state index contributed by atoms with van der Waals surface area (Å²) in [4.78, 5) is 11.4. The van der Waals surface area contributed by atoms with Crippen LogP contribution in [0.4, 0.5) is 13.2 Å². The minimum atomic E-state index is -4.88. The van der Waals surface area contributed by atoms with Crippen LogP contribution >= 0.6 is 0 Å². The van der Waals surface area contributed by atoms with Gasteiger partial charge < -0.3 is 14.6 Å². The van der Waals surface area contributed by atoms with E-state index in [2.05, 4.69) is 9.47 Å². The van der Waals surface area contributed by atoms with Crippen LogP contribution in [0.15, 0.2) is 18.2 Å². The summed E-state index contributed by atoms with van der Waals surface area (Å²) in [5.74, 6) is -1.41. The number of carbonyl (C=O) groups is 1. The fraction of sp³-hybridized carbons (Fsp3) is 0.417. The summed E-state index contributed by atoms with van der Waals surface area (Å²) in [6.45, 7) is 2.75. The molecular weight excluding hydrogens is 265 g/mol. The number of aliphatic hydroxyl groups is 1. The first kappa shape index (κ1) is 15.3. The van der Waals surface area contributed by atoms with Crippen molar-refractivity contribution < 1.29 is 32.5 Å². The maximum absolute atomic E-state index is 12.2. The van der Waals surface area contributed by atoms with E-state index in [4.69, 9.17) is 0 Å². The van der Waals surface area contributed by atoms with Gasteiger partial charge in [0.1, 0.15) is 5.75 Å². The zero-order chi connectivity index (χ0) is 14.8. The Labute approximate surface area is 107 Å². The van der Waals surface area contributed by atoms with E-state index in [1.54, 1.807) is 0 Å². The highest BCUT2D eigenvalue weighted by Crippen LogP contribution is 2.29. The number of alkyl halides is 3. The van der Waals surface area contributed by atoms with Gasteiger partial charge in [-0.3, -0.25) is 0 Å². The second-order valence-electron chi connectivity index (χ2n) is 4.34. The third-order valence-electron chi connectivity index (χ3n) is 2.27. The second kappa shape index (κ2) is 5.08. The van der Waals surface area contributed by atoms with Crippen molar-refractivity contribution in [2.45, 2.75) is 25.8 Å². The largest absolute Gasteiger partial charge is 0.573 e. The van der Waals surface area contributed by atoms with Gasteiger partial charge in [-0.15, -0.1) is 13.2 Å². The number of benzene rings is 1. The molecule has 1 aromatic rings. The SMILES string of the molecule is COC(=O)c1cc(OC(F)(F)F)cc(C(C)(C)O)c1. The van der Waals surface area contributed by atoms with E-state index >= 15 is 0 Å². The molecule has 0 radical (unpaired) electrons. The van der Waals surface area contributed by atoms with E-state index in [1.807, 2.05) is 0 Å². The number of rotatable bonds is 3. The molecule has 19 heavy (non-hydrogen) atoms. The number of carbonyl (C=O) groups excluding carboxylic acids is 1. The Balaban J connectivity index is 3.28. The molecule has 0 unspecified atom stereocenters. The molecule has 0 atom stereocenters. The van der Waals surface area contributed by atoms with Crippen LogP contribution in [-0.2, 0) is 10.3 Å². The standard InChI is InChI=1S/C12H13F3O4/c1-11(2,17)8-4-7(10(16)18-3)5-9(6-8)19-12(13,14)15/h4-6,17H,1-3H3. The predicted molar refractivity (Wildman–Crippen MR) is 59.7 cm³/mol.